The molecular weight excluding hydrogens is 280 g/mol. The quantitative estimate of drug-likeness (QED) is 0.933. The minimum absolute atomic E-state index is 0.0934. The first kappa shape index (κ1) is 13.3. The van der Waals surface area contributed by atoms with E-state index in [0.717, 1.165) is 38.8 Å². The van der Waals surface area contributed by atoms with Crippen LogP contribution in [0.5, 0.6) is 0 Å². The number of aromatic nitrogens is 2. The van der Waals surface area contributed by atoms with Crippen LogP contribution >= 0.6 is 0 Å². The van der Waals surface area contributed by atoms with Gasteiger partial charge in [0.1, 0.15) is 0 Å². The summed E-state index contributed by atoms with van der Waals surface area (Å²) in [7, 11) is 0. The molecule has 0 spiro atoms. The minimum Gasteiger partial charge on any atom is -0.348 e. The molecule has 0 aromatic carbocycles. The van der Waals surface area contributed by atoms with Crippen LogP contribution in [0.15, 0.2) is 24.4 Å². The molecule has 2 aromatic rings. The summed E-state index contributed by atoms with van der Waals surface area (Å²) in [6.07, 6.45) is 5.90. The second-order valence-electron chi connectivity index (χ2n) is 5.99. The number of amides is 2. The summed E-state index contributed by atoms with van der Waals surface area (Å²) in [5, 5.41) is 2.94. The van der Waals surface area contributed by atoms with Gasteiger partial charge in [0.25, 0.3) is 11.8 Å². The van der Waals surface area contributed by atoms with Crippen molar-refractivity contribution in [1.82, 2.24) is 19.6 Å². The Morgan fingerprint density at radius 2 is 1.95 bits per heavy atom. The van der Waals surface area contributed by atoms with Gasteiger partial charge in [0.2, 0.25) is 5.82 Å². The van der Waals surface area contributed by atoms with Crippen molar-refractivity contribution in [2.75, 3.05) is 13.1 Å². The Bertz CT molecular complexity index is 742. The van der Waals surface area contributed by atoms with Gasteiger partial charge < -0.3 is 10.2 Å². The predicted molar refractivity (Wildman–Crippen MR) is 80.8 cm³/mol. The lowest BCUT2D eigenvalue weighted by Gasteiger charge is -2.13. The van der Waals surface area contributed by atoms with Gasteiger partial charge in [-0.05, 0) is 37.8 Å². The fourth-order valence-corrected chi connectivity index (χ4v) is 2.90. The number of carbonyl (C=O) groups is 2. The molecule has 6 heteroatoms. The van der Waals surface area contributed by atoms with Gasteiger partial charge in [0, 0.05) is 25.3 Å². The molecule has 1 aliphatic heterocycles. The largest absolute Gasteiger partial charge is 0.348 e. The molecule has 2 fully saturated rings. The van der Waals surface area contributed by atoms with E-state index in [1.165, 1.54) is 0 Å². The fraction of sp³-hybridized carbons (Fsp3) is 0.438. The summed E-state index contributed by atoms with van der Waals surface area (Å²) in [6.45, 7) is 1.54. The van der Waals surface area contributed by atoms with Crippen LogP contribution in [-0.4, -0.2) is 45.2 Å². The normalized spacial score (nSPS) is 17.9. The van der Waals surface area contributed by atoms with Crippen molar-refractivity contribution in [3.63, 3.8) is 0 Å². The number of carbonyl (C=O) groups excluding carboxylic acids is 2. The topological polar surface area (TPSA) is 66.7 Å². The molecule has 0 radical (unpaired) electrons. The predicted octanol–water partition coefficient (Wildman–Crippen LogP) is 1.46. The lowest BCUT2D eigenvalue weighted by atomic mass is 10.3. The van der Waals surface area contributed by atoms with E-state index in [9.17, 15) is 9.59 Å². The van der Waals surface area contributed by atoms with E-state index in [2.05, 4.69) is 10.3 Å². The number of hydrogen-bond acceptors (Lipinski definition) is 3. The molecule has 1 N–H and O–H groups in total. The molecule has 0 bridgehead atoms. The van der Waals surface area contributed by atoms with Crippen molar-refractivity contribution in [2.45, 2.75) is 31.7 Å². The molecule has 0 unspecified atom stereocenters. The zero-order valence-electron chi connectivity index (χ0n) is 12.3. The third-order valence-corrected chi connectivity index (χ3v) is 4.26. The number of nitrogens with one attached hydrogen (secondary N) is 1. The molecule has 1 aliphatic carbocycles. The van der Waals surface area contributed by atoms with E-state index >= 15 is 0 Å². The van der Waals surface area contributed by atoms with Crippen LogP contribution in [0.2, 0.25) is 0 Å². The van der Waals surface area contributed by atoms with Crippen molar-refractivity contribution < 1.29 is 9.59 Å². The van der Waals surface area contributed by atoms with Gasteiger partial charge in [-0.25, -0.2) is 4.98 Å². The maximum atomic E-state index is 12.6. The molecule has 2 aromatic heterocycles. The van der Waals surface area contributed by atoms with Crippen LogP contribution < -0.4 is 5.32 Å². The zero-order valence-corrected chi connectivity index (χ0v) is 12.3. The lowest BCUT2D eigenvalue weighted by Crippen LogP contribution is -2.29. The summed E-state index contributed by atoms with van der Waals surface area (Å²) in [5.41, 5.74) is 1.03. The van der Waals surface area contributed by atoms with Crippen LogP contribution in [0.25, 0.3) is 5.52 Å². The number of fused-ring (bicyclic) bond motifs is 1. The van der Waals surface area contributed by atoms with Crippen molar-refractivity contribution in [3.05, 3.63) is 35.9 Å². The molecule has 22 heavy (non-hydrogen) atoms. The molecule has 1 saturated heterocycles. The average Bonchev–Trinajstić information content (AvgIpc) is 3.07. The fourth-order valence-electron chi connectivity index (χ4n) is 2.90. The van der Waals surface area contributed by atoms with Crippen LogP contribution in [0, 0.1) is 0 Å². The standard InChI is InChI=1S/C16H18N4O2/c21-15(17-11-6-7-11)13-12-5-1-2-10-20(12)14(18-13)16(22)19-8-3-4-9-19/h1-2,5,10-11H,3-4,6-9H2,(H,17,21). The molecule has 6 nitrogen and oxygen atoms in total. The highest BCUT2D eigenvalue weighted by molar-refractivity contribution is 6.02. The SMILES string of the molecule is O=C(NC1CC1)c1nc(C(=O)N2CCCC2)n2ccccc12. The number of imidazole rings is 1. The first-order valence-corrected chi connectivity index (χ1v) is 7.81. The highest BCUT2D eigenvalue weighted by Gasteiger charge is 2.29. The maximum Gasteiger partial charge on any atom is 0.290 e. The second-order valence-corrected chi connectivity index (χ2v) is 5.99. The molecule has 114 valence electrons. The van der Waals surface area contributed by atoms with Crippen LogP contribution in [-0.2, 0) is 0 Å². The third-order valence-electron chi connectivity index (χ3n) is 4.26. The van der Waals surface area contributed by atoms with Crippen molar-refractivity contribution in [1.29, 1.82) is 0 Å². The van der Waals surface area contributed by atoms with Crippen molar-refractivity contribution in [2.24, 2.45) is 0 Å². The first-order chi connectivity index (χ1) is 10.7. The lowest BCUT2D eigenvalue weighted by molar-refractivity contribution is 0.0780. The van der Waals surface area contributed by atoms with Gasteiger partial charge in [-0.2, -0.15) is 0 Å². The minimum atomic E-state index is -0.188. The summed E-state index contributed by atoms with van der Waals surface area (Å²) in [4.78, 5) is 31.2. The highest BCUT2D eigenvalue weighted by atomic mass is 16.2. The molecule has 2 aliphatic rings. The number of rotatable bonds is 3. The van der Waals surface area contributed by atoms with E-state index in [-0.39, 0.29) is 17.9 Å². The first-order valence-electron chi connectivity index (χ1n) is 7.81. The van der Waals surface area contributed by atoms with E-state index in [1.54, 1.807) is 10.6 Å². The number of hydrogen-bond donors (Lipinski definition) is 1. The van der Waals surface area contributed by atoms with Gasteiger partial charge >= 0.3 is 0 Å². The molecule has 0 atom stereocenters. The Hall–Kier alpha value is -2.37. The Morgan fingerprint density at radius 3 is 2.68 bits per heavy atom. The third kappa shape index (κ3) is 2.24. The van der Waals surface area contributed by atoms with Gasteiger partial charge in [-0.1, -0.05) is 6.07 Å². The van der Waals surface area contributed by atoms with Gasteiger partial charge in [-0.3, -0.25) is 14.0 Å². The summed E-state index contributed by atoms with van der Waals surface area (Å²) in [6, 6.07) is 5.80. The molecule has 4 rings (SSSR count). The molecule has 1 saturated carbocycles. The van der Waals surface area contributed by atoms with Crippen LogP contribution in [0.3, 0.4) is 0 Å². The van der Waals surface area contributed by atoms with Gasteiger partial charge in [-0.15, -0.1) is 0 Å². The van der Waals surface area contributed by atoms with Crippen molar-refractivity contribution >= 4 is 17.3 Å². The Labute approximate surface area is 128 Å². The van der Waals surface area contributed by atoms with Gasteiger partial charge in [0.15, 0.2) is 5.69 Å². The van der Waals surface area contributed by atoms with Crippen molar-refractivity contribution in [3.8, 4) is 0 Å². The second kappa shape index (κ2) is 5.12. The molecule has 2 amide bonds. The number of likely N-dealkylation sites (tertiary alicyclic amines) is 1. The Kier molecular flexibility index (Phi) is 3.10. The molecule has 3 heterocycles. The Morgan fingerprint density at radius 1 is 1.18 bits per heavy atom. The number of pyridine rings is 1. The highest BCUT2D eigenvalue weighted by Crippen LogP contribution is 2.21. The number of nitrogens with zero attached hydrogens (tertiary/aromatic N) is 3. The summed E-state index contributed by atoms with van der Waals surface area (Å²) >= 11 is 0. The Balaban J connectivity index is 1.74. The monoisotopic (exact) mass is 298 g/mol. The van der Waals surface area contributed by atoms with E-state index in [4.69, 9.17) is 0 Å². The maximum absolute atomic E-state index is 12.6. The van der Waals surface area contributed by atoms with E-state index in [0.29, 0.717) is 17.0 Å². The van der Waals surface area contributed by atoms with Gasteiger partial charge in [0.05, 0.1) is 5.52 Å². The zero-order chi connectivity index (χ0) is 15.1. The summed E-state index contributed by atoms with van der Waals surface area (Å²) in [5.74, 6) is 0.0503. The van der Waals surface area contributed by atoms with Crippen LogP contribution in [0.1, 0.15) is 46.8 Å². The van der Waals surface area contributed by atoms with Crippen LogP contribution in [0.4, 0.5) is 0 Å². The molecular formula is C16H18N4O2. The average molecular weight is 298 g/mol. The summed E-state index contributed by atoms with van der Waals surface area (Å²) < 4.78 is 1.72. The van der Waals surface area contributed by atoms with E-state index in [1.807, 2.05) is 23.1 Å². The smallest absolute Gasteiger partial charge is 0.290 e. The van der Waals surface area contributed by atoms with E-state index < -0.39 is 0 Å².